The average Bonchev–Trinajstić information content (AvgIpc) is 2.32. The summed E-state index contributed by atoms with van der Waals surface area (Å²) < 4.78 is 13.2. The van der Waals surface area contributed by atoms with Crippen molar-refractivity contribution >= 4 is 5.69 Å². The maximum absolute atomic E-state index is 13.2. The summed E-state index contributed by atoms with van der Waals surface area (Å²) in [6.45, 7) is 3.36. The Labute approximate surface area is 112 Å². The number of nitro benzene ring substituents is 1. The van der Waals surface area contributed by atoms with Gasteiger partial charge in [-0.1, -0.05) is 13.3 Å². The van der Waals surface area contributed by atoms with E-state index in [1.54, 1.807) is 0 Å². The molecule has 1 aromatic rings. The molecule has 1 N–H and O–H groups in total. The lowest BCUT2D eigenvalue weighted by molar-refractivity contribution is -0.385. The summed E-state index contributed by atoms with van der Waals surface area (Å²) >= 11 is 0. The normalized spacial score (nSPS) is 16.9. The van der Waals surface area contributed by atoms with Crippen molar-refractivity contribution in [2.24, 2.45) is 5.41 Å². The molecular formula is C14H19FN2O2. The van der Waals surface area contributed by atoms with Crippen LogP contribution in [0.3, 0.4) is 0 Å². The van der Waals surface area contributed by atoms with Gasteiger partial charge in [0.2, 0.25) is 0 Å². The molecule has 5 heteroatoms. The van der Waals surface area contributed by atoms with Gasteiger partial charge in [-0.05, 0) is 36.8 Å². The number of hydrogen-bond donors (Lipinski definition) is 1. The van der Waals surface area contributed by atoms with Crippen LogP contribution in [0.15, 0.2) is 18.2 Å². The molecule has 1 saturated carbocycles. The molecule has 104 valence electrons. The molecule has 1 aromatic carbocycles. The standard InChI is InChI=1S/C14H19FN2O2/c1-2-14(6-3-7-14)10-16-9-11-8-12(15)4-5-13(11)17(18)19/h4-5,8,16H,2-3,6-7,9-10H2,1H3. The first-order valence-corrected chi connectivity index (χ1v) is 6.70. The minimum atomic E-state index is -0.463. The second-order valence-electron chi connectivity index (χ2n) is 5.34. The molecule has 1 fully saturated rings. The molecular weight excluding hydrogens is 247 g/mol. The number of nitrogens with zero attached hydrogens (tertiary/aromatic N) is 1. The van der Waals surface area contributed by atoms with Crippen LogP contribution in [0.1, 0.15) is 38.2 Å². The van der Waals surface area contributed by atoms with E-state index < -0.39 is 10.7 Å². The monoisotopic (exact) mass is 266 g/mol. The zero-order chi connectivity index (χ0) is 13.9. The highest BCUT2D eigenvalue weighted by molar-refractivity contribution is 5.40. The van der Waals surface area contributed by atoms with Gasteiger partial charge in [-0.2, -0.15) is 0 Å². The molecule has 0 bridgehead atoms. The first kappa shape index (κ1) is 13.9. The fraction of sp³-hybridized carbons (Fsp3) is 0.571. The smallest absolute Gasteiger partial charge is 0.274 e. The zero-order valence-corrected chi connectivity index (χ0v) is 11.1. The molecule has 19 heavy (non-hydrogen) atoms. The third kappa shape index (κ3) is 3.10. The third-order valence-electron chi connectivity index (χ3n) is 4.22. The minimum Gasteiger partial charge on any atom is -0.312 e. The zero-order valence-electron chi connectivity index (χ0n) is 11.1. The topological polar surface area (TPSA) is 55.2 Å². The van der Waals surface area contributed by atoms with E-state index >= 15 is 0 Å². The number of hydrogen-bond acceptors (Lipinski definition) is 3. The van der Waals surface area contributed by atoms with Crippen molar-refractivity contribution in [2.75, 3.05) is 6.54 Å². The van der Waals surface area contributed by atoms with Crippen LogP contribution in [-0.4, -0.2) is 11.5 Å². The minimum absolute atomic E-state index is 0.0203. The van der Waals surface area contributed by atoms with Crippen molar-refractivity contribution in [3.05, 3.63) is 39.7 Å². The van der Waals surface area contributed by atoms with Gasteiger partial charge in [-0.25, -0.2) is 4.39 Å². The average molecular weight is 266 g/mol. The summed E-state index contributed by atoms with van der Waals surface area (Å²) in [5.74, 6) is -0.434. The summed E-state index contributed by atoms with van der Waals surface area (Å²) in [6, 6.07) is 3.59. The Balaban J connectivity index is 1.99. The molecule has 0 heterocycles. The van der Waals surface area contributed by atoms with Crippen LogP contribution in [-0.2, 0) is 6.54 Å². The Kier molecular flexibility index (Phi) is 4.14. The van der Waals surface area contributed by atoms with Gasteiger partial charge in [0, 0.05) is 24.7 Å². The lowest BCUT2D eigenvalue weighted by Crippen LogP contribution is -2.39. The fourth-order valence-electron chi connectivity index (χ4n) is 2.67. The van der Waals surface area contributed by atoms with Gasteiger partial charge < -0.3 is 5.32 Å². The van der Waals surface area contributed by atoms with Crippen molar-refractivity contribution in [2.45, 2.75) is 39.2 Å². The van der Waals surface area contributed by atoms with Crippen LogP contribution in [0.25, 0.3) is 0 Å². The number of rotatable bonds is 6. The van der Waals surface area contributed by atoms with Gasteiger partial charge in [0.15, 0.2) is 0 Å². The van der Waals surface area contributed by atoms with E-state index in [-0.39, 0.29) is 5.69 Å². The van der Waals surface area contributed by atoms with Crippen LogP contribution in [0.5, 0.6) is 0 Å². The van der Waals surface area contributed by atoms with Crippen molar-refractivity contribution in [3.63, 3.8) is 0 Å². The van der Waals surface area contributed by atoms with Crippen molar-refractivity contribution < 1.29 is 9.31 Å². The molecule has 0 saturated heterocycles. The predicted octanol–water partition coefficient (Wildman–Crippen LogP) is 3.40. The van der Waals surface area contributed by atoms with E-state index in [0.717, 1.165) is 19.0 Å². The van der Waals surface area contributed by atoms with E-state index in [9.17, 15) is 14.5 Å². The molecule has 0 atom stereocenters. The van der Waals surface area contributed by atoms with Gasteiger partial charge in [0.05, 0.1) is 4.92 Å². The van der Waals surface area contributed by atoms with Crippen LogP contribution >= 0.6 is 0 Å². The van der Waals surface area contributed by atoms with Crippen LogP contribution in [0, 0.1) is 21.3 Å². The summed E-state index contributed by atoms with van der Waals surface area (Å²) in [7, 11) is 0. The molecule has 0 spiro atoms. The molecule has 1 aliphatic rings. The van der Waals surface area contributed by atoms with E-state index in [2.05, 4.69) is 12.2 Å². The quantitative estimate of drug-likeness (QED) is 0.634. The van der Waals surface area contributed by atoms with Crippen LogP contribution < -0.4 is 5.32 Å². The number of nitro groups is 1. The summed E-state index contributed by atoms with van der Waals surface area (Å²) in [4.78, 5) is 10.4. The highest BCUT2D eigenvalue weighted by Crippen LogP contribution is 2.43. The maximum atomic E-state index is 13.2. The molecule has 2 rings (SSSR count). The molecule has 0 aromatic heterocycles. The predicted molar refractivity (Wildman–Crippen MR) is 71.3 cm³/mol. The Morgan fingerprint density at radius 3 is 2.74 bits per heavy atom. The van der Waals surface area contributed by atoms with Gasteiger partial charge in [-0.3, -0.25) is 10.1 Å². The first-order chi connectivity index (χ1) is 9.06. The Morgan fingerprint density at radius 2 is 2.21 bits per heavy atom. The number of benzene rings is 1. The number of nitrogens with one attached hydrogen (secondary N) is 1. The highest BCUT2D eigenvalue weighted by atomic mass is 19.1. The molecule has 0 radical (unpaired) electrons. The number of halogens is 1. The Morgan fingerprint density at radius 1 is 1.47 bits per heavy atom. The lowest BCUT2D eigenvalue weighted by atomic mass is 9.67. The third-order valence-corrected chi connectivity index (χ3v) is 4.22. The summed E-state index contributed by atoms with van der Waals surface area (Å²) in [5.41, 5.74) is 0.742. The van der Waals surface area contributed by atoms with Crippen molar-refractivity contribution in [3.8, 4) is 0 Å². The maximum Gasteiger partial charge on any atom is 0.274 e. The van der Waals surface area contributed by atoms with E-state index in [0.29, 0.717) is 17.5 Å². The molecule has 1 aliphatic carbocycles. The largest absolute Gasteiger partial charge is 0.312 e. The van der Waals surface area contributed by atoms with Crippen LogP contribution in [0.4, 0.5) is 10.1 Å². The molecule has 0 amide bonds. The van der Waals surface area contributed by atoms with Gasteiger partial charge in [-0.15, -0.1) is 0 Å². The van der Waals surface area contributed by atoms with E-state index in [4.69, 9.17) is 0 Å². The summed E-state index contributed by atoms with van der Waals surface area (Å²) in [6.07, 6.45) is 4.80. The van der Waals surface area contributed by atoms with Crippen molar-refractivity contribution in [1.82, 2.24) is 5.32 Å². The van der Waals surface area contributed by atoms with E-state index in [1.165, 1.54) is 31.4 Å². The molecule has 4 nitrogen and oxygen atoms in total. The SMILES string of the molecule is CCC1(CNCc2cc(F)ccc2[N+](=O)[O-])CCC1. The van der Waals surface area contributed by atoms with Gasteiger partial charge in [0.1, 0.15) is 5.82 Å². The molecule has 0 unspecified atom stereocenters. The molecule has 0 aliphatic heterocycles. The summed E-state index contributed by atoms with van der Waals surface area (Å²) in [5, 5.41) is 14.1. The van der Waals surface area contributed by atoms with Gasteiger partial charge >= 0.3 is 0 Å². The first-order valence-electron chi connectivity index (χ1n) is 6.70. The Bertz CT molecular complexity index is 467. The second-order valence-corrected chi connectivity index (χ2v) is 5.34. The lowest BCUT2D eigenvalue weighted by Gasteiger charge is -2.41. The van der Waals surface area contributed by atoms with E-state index in [1.807, 2.05) is 0 Å². The van der Waals surface area contributed by atoms with Crippen LogP contribution in [0.2, 0.25) is 0 Å². The fourth-order valence-corrected chi connectivity index (χ4v) is 2.67. The second kappa shape index (κ2) is 5.65. The van der Waals surface area contributed by atoms with Crippen molar-refractivity contribution in [1.29, 1.82) is 0 Å². The highest BCUT2D eigenvalue weighted by Gasteiger charge is 2.34. The van der Waals surface area contributed by atoms with Gasteiger partial charge in [0.25, 0.3) is 5.69 Å². The Hall–Kier alpha value is -1.49.